The van der Waals surface area contributed by atoms with E-state index in [4.69, 9.17) is 15.0 Å². The minimum atomic E-state index is -0.578. The van der Waals surface area contributed by atoms with Crippen LogP contribution in [-0.2, 0) is 14.3 Å². The maximum Gasteiger partial charge on any atom is 0.407 e. The van der Waals surface area contributed by atoms with Crippen molar-refractivity contribution in [1.29, 1.82) is 0 Å². The summed E-state index contributed by atoms with van der Waals surface area (Å²) in [5.41, 5.74) is 8.15. The van der Waals surface area contributed by atoms with Crippen LogP contribution in [0.1, 0.15) is 13.3 Å². The molecule has 9 nitrogen and oxygen atoms in total. The summed E-state index contributed by atoms with van der Waals surface area (Å²) in [5, 5.41) is 8.45. The quantitative estimate of drug-likeness (QED) is 0.275. The molecule has 0 bridgehead atoms. The first-order valence-corrected chi connectivity index (χ1v) is 5.78. The number of alkyl carbamates (subject to hydrolysis) is 1. The van der Waals surface area contributed by atoms with E-state index in [1.807, 2.05) is 0 Å². The smallest absolute Gasteiger partial charge is 0.407 e. The van der Waals surface area contributed by atoms with E-state index in [1.165, 1.54) is 14.0 Å². The molecule has 1 atom stereocenters. The molecule has 0 saturated heterocycles. The molecule has 1 unspecified atom stereocenters. The summed E-state index contributed by atoms with van der Waals surface area (Å²) < 4.78 is 9.83. The Hall–Kier alpha value is -1.99. The average molecular weight is 273 g/mol. The number of nitrogens with zero attached hydrogens (tertiary/aromatic N) is 3. The van der Waals surface area contributed by atoms with Gasteiger partial charge >= 0.3 is 6.09 Å². The van der Waals surface area contributed by atoms with Gasteiger partial charge in [-0.2, -0.15) is 0 Å². The van der Waals surface area contributed by atoms with Crippen LogP contribution in [0.3, 0.4) is 0 Å². The minimum Gasteiger partial charge on any atom is -0.447 e. The Morgan fingerprint density at radius 3 is 2.63 bits per heavy atom. The lowest BCUT2D eigenvalue weighted by molar-refractivity contribution is -0.118. The molecular weight excluding hydrogens is 254 g/mol. The van der Waals surface area contributed by atoms with Crippen LogP contribution in [0.5, 0.6) is 0 Å². The molecule has 9 heteroatoms. The lowest BCUT2D eigenvalue weighted by Gasteiger charge is -2.13. The van der Waals surface area contributed by atoms with Gasteiger partial charge in [0, 0.05) is 32.0 Å². The number of methoxy groups -OCH3 is 1. The predicted octanol–water partition coefficient (Wildman–Crippen LogP) is 0.564. The number of azide groups is 1. The van der Waals surface area contributed by atoms with Crippen LogP contribution in [0.2, 0.25) is 0 Å². The Labute approximate surface area is 111 Å². The van der Waals surface area contributed by atoms with Gasteiger partial charge in [0.15, 0.2) is 0 Å². The van der Waals surface area contributed by atoms with Crippen molar-refractivity contribution in [2.75, 3.05) is 33.4 Å². The van der Waals surface area contributed by atoms with Gasteiger partial charge in [0.25, 0.3) is 0 Å². The zero-order valence-corrected chi connectivity index (χ0v) is 11.1. The fourth-order valence-corrected chi connectivity index (χ4v) is 1.09. The number of hydrogen-bond donors (Lipinski definition) is 2. The number of ether oxygens (including phenoxy) is 2. The third-order valence-corrected chi connectivity index (χ3v) is 2.08. The van der Waals surface area contributed by atoms with E-state index in [2.05, 4.69) is 20.7 Å². The van der Waals surface area contributed by atoms with Gasteiger partial charge in [0.2, 0.25) is 5.91 Å². The summed E-state index contributed by atoms with van der Waals surface area (Å²) in [4.78, 5) is 24.4. The second kappa shape index (κ2) is 11.1. The third kappa shape index (κ3) is 10.9. The lowest BCUT2D eigenvalue weighted by atomic mass is 10.4. The molecule has 0 spiro atoms. The summed E-state index contributed by atoms with van der Waals surface area (Å²) >= 11 is 0. The molecule has 0 aliphatic heterocycles. The van der Waals surface area contributed by atoms with Crippen molar-refractivity contribution in [3.8, 4) is 0 Å². The van der Waals surface area contributed by atoms with E-state index in [9.17, 15) is 9.59 Å². The van der Waals surface area contributed by atoms with Gasteiger partial charge in [-0.3, -0.25) is 4.79 Å². The molecule has 0 aromatic carbocycles. The second-order valence-electron chi connectivity index (χ2n) is 3.63. The van der Waals surface area contributed by atoms with Crippen molar-refractivity contribution in [1.82, 2.24) is 10.6 Å². The van der Waals surface area contributed by atoms with Crippen molar-refractivity contribution in [3.63, 3.8) is 0 Å². The van der Waals surface area contributed by atoms with Crippen molar-refractivity contribution < 1.29 is 19.1 Å². The molecular formula is C10H19N5O4. The van der Waals surface area contributed by atoms with E-state index in [0.717, 1.165) is 0 Å². The molecule has 0 rings (SSSR count). The molecule has 0 aromatic heterocycles. The van der Waals surface area contributed by atoms with Gasteiger partial charge in [-0.25, -0.2) is 4.79 Å². The minimum absolute atomic E-state index is 0.00699. The maximum atomic E-state index is 11.3. The summed E-state index contributed by atoms with van der Waals surface area (Å²) in [6.45, 7) is 2.42. The topological polar surface area (TPSA) is 125 Å². The average Bonchev–Trinajstić information content (AvgIpc) is 2.38. The highest BCUT2D eigenvalue weighted by Gasteiger charge is 2.09. The highest BCUT2D eigenvalue weighted by Crippen LogP contribution is 1.93. The molecule has 108 valence electrons. The summed E-state index contributed by atoms with van der Waals surface area (Å²) in [6, 6.07) is 0. The standard InChI is InChI=1S/C10H19N5O4/c1-8(16)12-4-3-5-13-10(17)19-7-9(18-2)6-14-15-11/h9H,3-7H2,1-2H3,(H,12,16)(H,13,17). The first-order chi connectivity index (χ1) is 9.10. The molecule has 0 saturated carbocycles. The number of amides is 2. The molecule has 0 heterocycles. The molecule has 19 heavy (non-hydrogen) atoms. The molecule has 0 aliphatic carbocycles. The Balaban J connectivity index is 3.62. The zero-order chi connectivity index (χ0) is 14.5. The SMILES string of the molecule is COC(CN=[N+]=[N-])COC(=O)NCCCNC(C)=O. The third-order valence-electron chi connectivity index (χ3n) is 2.08. The van der Waals surface area contributed by atoms with Gasteiger partial charge in [-0.05, 0) is 12.0 Å². The second-order valence-corrected chi connectivity index (χ2v) is 3.63. The number of nitrogens with one attached hydrogen (secondary N) is 2. The van der Waals surface area contributed by atoms with E-state index in [-0.39, 0.29) is 19.1 Å². The maximum absolute atomic E-state index is 11.3. The predicted molar refractivity (Wildman–Crippen MR) is 67.5 cm³/mol. The van der Waals surface area contributed by atoms with Gasteiger partial charge < -0.3 is 20.1 Å². The molecule has 2 N–H and O–H groups in total. The summed E-state index contributed by atoms with van der Waals surface area (Å²) in [7, 11) is 1.44. The van der Waals surface area contributed by atoms with E-state index < -0.39 is 12.2 Å². The highest BCUT2D eigenvalue weighted by atomic mass is 16.6. The van der Waals surface area contributed by atoms with Crippen molar-refractivity contribution >= 4 is 12.0 Å². The molecule has 0 aliphatic rings. The first kappa shape index (κ1) is 17.0. The van der Waals surface area contributed by atoms with Crippen LogP contribution in [0.25, 0.3) is 10.4 Å². The van der Waals surface area contributed by atoms with E-state index in [0.29, 0.717) is 19.5 Å². The summed E-state index contributed by atoms with van der Waals surface area (Å²) in [6.07, 6.45) is -0.423. The van der Waals surface area contributed by atoms with Gasteiger partial charge in [-0.15, -0.1) is 0 Å². The van der Waals surface area contributed by atoms with Crippen molar-refractivity contribution in [3.05, 3.63) is 10.4 Å². The van der Waals surface area contributed by atoms with Crippen LogP contribution in [-0.4, -0.2) is 51.5 Å². The molecule has 0 fully saturated rings. The lowest BCUT2D eigenvalue weighted by Crippen LogP contribution is -2.32. The van der Waals surface area contributed by atoms with Crippen LogP contribution in [0.15, 0.2) is 5.11 Å². The van der Waals surface area contributed by atoms with Crippen LogP contribution in [0, 0.1) is 0 Å². The number of rotatable bonds is 9. The highest BCUT2D eigenvalue weighted by molar-refractivity contribution is 5.72. The normalized spacial score (nSPS) is 11.1. The Morgan fingerprint density at radius 1 is 1.37 bits per heavy atom. The number of carbonyl (C=O) groups is 2. The fraction of sp³-hybridized carbons (Fsp3) is 0.800. The Morgan fingerprint density at radius 2 is 2.05 bits per heavy atom. The molecule has 0 radical (unpaired) electrons. The van der Waals surface area contributed by atoms with Gasteiger partial charge in [-0.1, -0.05) is 5.11 Å². The van der Waals surface area contributed by atoms with E-state index >= 15 is 0 Å². The van der Waals surface area contributed by atoms with Crippen molar-refractivity contribution in [2.24, 2.45) is 5.11 Å². The van der Waals surface area contributed by atoms with Crippen LogP contribution < -0.4 is 10.6 Å². The largest absolute Gasteiger partial charge is 0.447 e. The molecule has 2 amide bonds. The number of carbonyl (C=O) groups excluding carboxylic acids is 2. The Kier molecular flexibility index (Phi) is 9.96. The first-order valence-electron chi connectivity index (χ1n) is 5.78. The van der Waals surface area contributed by atoms with E-state index in [1.54, 1.807) is 0 Å². The zero-order valence-electron chi connectivity index (χ0n) is 11.1. The van der Waals surface area contributed by atoms with Gasteiger partial charge in [0.05, 0.1) is 12.6 Å². The van der Waals surface area contributed by atoms with Crippen LogP contribution in [0.4, 0.5) is 4.79 Å². The van der Waals surface area contributed by atoms with Crippen molar-refractivity contribution in [2.45, 2.75) is 19.4 Å². The summed E-state index contributed by atoms with van der Waals surface area (Å²) in [5.74, 6) is -0.108. The monoisotopic (exact) mass is 273 g/mol. The van der Waals surface area contributed by atoms with Crippen LogP contribution >= 0.6 is 0 Å². The Bertz CT molecular complexity index is 330. The van der Waals surface area contributed by atoms with Gasteiger partial charge in [0.1, 0.15) is 6.61 Å². The number of hydrogen-bond acceptors (Lipinski definition) is 5. The molecule has 0 aromatic rings. The fourth-order valence-electron chi connectivity index (χ4n) is 1.09.